The molecule has 0 saturated heterocycles. The molecule has 0 radical (unpaired) electrons. The van der Waals surface area contributed by atoms with Gasteiger partial charge >= 0.3 is 0 Å². The molecule has 0 aliphatic heterocycles. The van der Waals surface area contributed by atoms with Crippen LogP contribution in [-0.2, 0) is 22.4 Å². The van der Waals surface area contributed by atoms with Gasteiger partial charge in [-0.2, -0.15) is 0 Å². The molecule has 0 spiro atoms. The summed E-state index contributed by atoms with van der Waals surface area (Å²) >= 11 is 0. The molecule has 2 amide bonds. The molecule has 0 saturated carbocycles. The van der Waals surface area contributed by atoms with Crippen molar-refractivity contribution in [3.8, 4) is 0 Å². The van der Waals surface area contributed by atoms with E-state index in [0.29, 0.717) is 5.92 Å². The lowest BCUT2D eigenvalue weighted by Crippen LogP contribution is -2.38. The Morgan fingerprint density at radius 1 is 0.846 bits per heavy atom. The number of rotatable bonds is 8. The Hall–Kier alpha value is -2.62. The van der Waals surface area contributed by atoms with Crippen LogP contribution in [0.15, 0.2) is 54.6 Å². The van der Waals surface area contributed by atoms with Gasteiger partial charge in [-0.3, -0.25) is 9.59 Å². The van der Waals surface area contributed by atoms with E-state index in [-0.39, 0.29) is 30.8 Å². The van der Waals surface area contributed by atoms with E-state index < -0.39 is 0 Å². The van der Waals surface area contributed by atoms with Crippen LogP contribution in [0.4, 0.5) is 0 Å². The third kappa shape index (κ3) is 6.71. The lowest BCUT2D eigenvalue weighted by Gasteiger charge is -2.15. The van der Waals surface area contributed by atoms with Gasteiger partial charge in [-0.1, -0.05) is 68.4 Å². The highest BCUT2D eigenvalue weighted by Gasteiger charge is 2.11. The first-order valence-electron chi connectivity index (χ1n) is 9.13. The van der Waals surface area contributed by atoms with Crippen molar-refractivity contribution in [1.29, 1.82) is 0 Å². The van der Waals surface area contributed by atoms with Crippen LogP contribution in [0.5, 0.6) is 0 Å². The molecule has 1 unspecified atom stereocenters. The highest BCUT2D eigenvalue weighted by Crippen LogP contribution is 2.15. The summed E-state index contributed by atoms with van der Waals surface area (Å²) in [5.74, 6) is 0.277. The molecule has 4 heteroatoms. The van der Waals surface area contributed by atoms with E-state index in [1.54, 1.807) is 0 Å². The Labute approximate surface area is 156 Å². The monoisotopic (exact) mass is 352 g/mol. The number of nitrogens with one attached hydrogen (secondary N) is 2. The smallest absolute Gasteiger partial charge is 0.239 e. The summed E-state index contributed by atoms with van der Waals surface area (Å²) in [4.78, 5) is 24.0. The number of hydrogen-bond donors (Lipinski definition) is 2. The van der Waals surface area contributed by atoms with E-state index >= 15 is 0 Å². The molecule has 0 aliphatic rings. The zero-order valence-electron chi connectivity index (χ0n) is 15.8. The molecule has 2 aromatic carbocycles. The second kappa shape index (κ2) is 9.76. The minimum absolute atomic E-state index is 0.0125. The van der Waals surface area contributed by atoms with Crippen molar-refractivity contribution in [2.45, 2.75) is 39.7 Å². The van der Waals surface area contributed by atoms with Gasteiger partial charge in [0.15, 0.2) is 0 Å². The SMILES string of the molecule is CC(C)Cc1ccc(C(C)NC(=O)CNC(=O)Cc2ccccc2)cc1. The first-order valence-corrected chi connectivity index (χ1v) is 9.13. The zero-order chi connectivity index (χ0) is 18.9. The maximum absolute atomic E-state index is 12.1. The van der Waals surface area contributed by atoms with Gasteiger partial charge in [0, 0.05) is 0 Å². The second-order valence-electron chi connectivity index (χ2n) is 7.07. The van der Waals surface area contributed by atoms with Crippen molar-refractivity contribution >= 4 is 11.8 Å². The van der Waals surface area contributed by atoms with Crippen LogP contribution >= 0.6 is 0 Å². The van der Waals surface area contributed by atoms with E-state index in [2.05, 4.69) is 48.7 Å². The number of carbonyl (C=O) groups is 2. The van der Waals surface area contributed by atoms with Gasteiger partial charge in [0.25, 0.3) is 0 Å². The average Bonchev–Trinajstić information content (AvgIpc) is 2.61. The lowest BCUT2D eigenvalue weighted by molar-refractivity contribution is -0.126. The fourth-order valence-corrected chi connectivity index (χ4v) is 2.81. The lowest BCUT2D eigenvalue weighted by atomic mass is 10.00. The molecule has 1 atom stereocenters. The normalized spacial score (nSPS) is 11.8. The second-order valence-corrected chi connectivity index (χ2v) is 7.07. The zero-order valence-corrected chi connectivity index (χ0v) is 15.8. The van der Waals surface area contributed by atoms with Crippen LogP contribution in [0.2, 0.25) is 0 Å². The molecule has 2 aromatic rings. The molecule has 138 valence electrons. The van der Waals surface area contributed by atoms with Gasteiger partial charge in [0.05, 0.1) is 19.0 Å². The fourth-order valence-electron chi connectivity index (χ4n) is 2.81. The van der Waals surface area contributed by atoms with Gasteiger partial charge in [0.1, 0.15) is 0 Å². The summed E-state index contributed by atoms with van der Waals surface area (Å²) in [6.45, 7) is 6.33. The van der Waals surface area contributed by atoms with E-state index in [0.717, 1.165) is 17.5 Å². The van der Waals surface area contributed by atoms with E-state index in [4.69, 9.17) is 0 Å². The highest BCUT2D eigenvalue weighted by atomic mass is 16.2. The maximum atomic E-state index is 12.1. The number of carbonyl (C=O) groups excluding carboxylic acids is 2. The Kier molecular flexibility index (Phi) is 7.39. The summed E-state index contributed by atoms with van der Waals surface area (Å²) in [5, 5.41) is 5.59. The van der Waals surface area contributed by atoms with Crippen molar-refractivity contribution < 1.29 is 9.59 Å². The van der Waals surface area contributed by atoms with Crippen molar-refractivity contribution in [3.63, 3.8) is 0 Å². The van der Waals surface area contributed by atoms with Crippen LogP contribution < -0.4 is 10.6 Å². The van der Waals surface area contributed by atoms with E-state index in [1.165, 1.54) is 5.56 Å². The largest absolute Gasteiger partial charge is 0.348 e. The van der Waals surface area contributed by atoms with Gasteiger partial charge in [-0.15, -0.1) is 0 Å². The highest BCUT2D eigenvalue weighted by molar-refractivity contribution is 5.85. The first-order chi connectivity index (χ1) is 12.4. The number of amides is 2. The summed E-state index contributed by atoms with van der Waals surface area (Å²) in [7, 11) is 0. The summed E-state index contributed by atoms with van der Waals surface area (Å²) < 4.78 is 0. The number of hydrogen-bond acceptors (Lipinski definition) is 2. The van der Waals surface area contributed by atoms with Crippen LogP contribution in [0.25, 0.3) is 0 Å². The molecule has 2 N–H and O–H groups in total. The molecule has 0 fully saturated rings. The average molecular weight is 352 g/mol. The minimum Gasteiger partial charge on any atom is -0.348 e. The molecular weight excluding hydrogens is 324 g/mol. The molecular formula is C22H28N2O2. The van der Waals surface area contributed by atoms with Gasteiger partial charge in [-0.25, -0.2) is 0 Å². The fraction of sp³-hybridized carbons (Fsp3) is 0.364. The Balaban J connectivity index is 1.77. The van der Waals surface area contributed by atoms with Gasteiger partial charge < -0.3 is 10.6 Å². The molecule has 0 heterocycles. The Morgan fingerprint density at radius 3 is 2.12 bits per heavy atom. The molecule has 0 aromatic heterocycles. The summed E-state index contributed by atoms with van der Waals surface area (Å²) in [6, 6.07) is 17.7. The predicted molar refractivity (Wildman–Crippen MR) is 105 cm³/mol. The standard InChI is InChI=1S/C22H28N2O2/c1-16(2)13-19-9-11-20(12-10-19)17(3)24-22(26)15-23-21(25)14-18-7-5-4-6-8-18/h4-12,16-17H,13-15H2,1-3H3,(H,23,25)(H,24,26). The maximum Gasteiger partial charge on any atom is 0.239 e. The van der Waals surface area contributed by atoms with Gasteiger partial charge in [0.2, 0.25) is 11.8 Å². The molecule has 2 rings (SSSR count). The predicted octanol–water partition coefficient (Wildman–Crippen LogP) is 3.42. The molecule has 26 heavy (non-hydrogen) atoms. The first kappa shape index (κ1) is 19.7. The summed E-state index contributed by atoms with van der Waals surface area (Å²) in [5.41, 5.74) is 3.29. The quantitative estimate of drug-likeness (QED) is 0.765. The Morgan fingerprint density at radius 2 is 1.50 bits per heavy atom. The topological polar surface area (TPSA) is 58.2 Å². The minimum atomic E-state index is -0.190. The van der Waals surface area contributed by atoms with Crippen LogP contribution in [0.1, 0.15) is 43.5 Å². The van der Waals surface area contributed by atoms with Crippen LogP contribution in [0.3, 0.4) is 0 Å². The summed E-state index contributed by atoms with van der Waals surface area (Å²) in [6.07, 6.45) is 1.33. The van der Waals surface area contributed by atoms with Crippen molar-refractivity contribution in [1.82, 2.24) is 10.6 Å². The van der Waals surface area contributed by atoms with Crippen molar-refractivity contribution in [2.75, 3.05) is 6.54 Å². The number of benzene rings is 2. The van der Waals surface area contributed by atoms with E-state index in [9.17, 15) is 9.59 Å². The van der Waals surface area contributed by atoms with E-state index in [1.807, 2.05) is 37.3 Å². The molecule has 0 bridgehead atoms. The van der Waals surface area contributed by atoms with Gasteiger partial charge in [-0.05, 0) is 36.0 Å². The third-order valence-electron chi connectivity index (χ3n) is 4.15. The molecule has 4 nitrogen and oxygen atoms in total. The van der Waals surface area contributed by atoms with Crippen molar-refractivity contribution in [2.24, 2.45) is 5.92 Å². The third-order valence-corrected chi connectivity index (χ3v) is 4.15. The molecule has 0 aliphatic carbocycles. The Bertz CT molecular complexity index is 709. The van der Waals surface area contributed by atoms with Crippen molar-refractivity contribution in [3.05, 3.63) is 71.3 Å². The van der Waals surface area contributed by atoms with Crippen LogP contribution in [-0.4, -0.2) is 18.4 Å². The van der Waals surface area contributed by atoms with Crippen LogP contribution in [0, 0.1) is 5.92 Å².